The molecule has 1 amide bonds. The summed E-state index contributed by atoms with van der Waals surface area (Å²) in [6.45, 7) is 6.16. The highest BCUT2D eigenvalue weighted by Gasteiger charge is 2.04. The molecule has 0 fully saturated rings. The largest absolute Gasteiger partial charge is 0.394 e. The van der Waals surface area contributed by atoms with E-state index in [-0.39, 0.29) is 12.5 Å². The monoisotopic (exact) mass is 319 g/mol. The van der Waals surface area contributed by atoms with Gasteiger partial charge in [-0.15, -0.1) is 0 Å². The van der Waals surface area contributed by atoms with E-state index in [1.807, 2.05) is 0 Å². The number of carbonyl (C=O) groups excluding carboxylic acids is 1. The van der Waals surface area contributed by atoms with Gasteiger partial charge in [0.2, 0.25) is 5.91 Å². The topological polar surface area (TPSA) is 132 Å². The first-order valence-electron chi connectivity index (χ1n) is 8.08. The Bertz CT molecular complexity index is 257. The van der Waals surface area contributed by atoms with Gasteiger partial charge in [0, 0.05) is 58.8 Å². The van der Waals surface area contributed by atoms with Crippen LogP contribution in [0.2, 0.25) is 0 Å². The minimum absolute atomic E-state index is 0.0176. The van der Waals surface area contributed by atoms with Gasteiger partial charge in [-0.25, -0.2) is 0 Å². The zero-order valence-electron chi connectivity index (χ0n) is 13.4. The molecule has 0 saturated carbocycles. The van der Waals surface area contributed by atoms with Gasteiger partial charge in [-0.1, -0.05) is 0 Å². The second-order valence-corrected chi connectivity index (χ2v) is 5.12. The Morgan fingerprint density at radius 1 is 0.955 bits per heavy atom. The van der Waals surface area contributed by atoms with E-state index in [1.165, 1.54) is 0 Å². The minimum Gasteiger partial charge on any atom is -0.394 e. The molecule has 0 radical (unpaired) electrons. The van der Waals surface area contributed by atoms with Gasteiger partial charge in [0.05, 0.1) is 12.7 Å². The van der Waals surface area contributed by atoms with Crippen LogP contribution in [0.25, 0.3) is 0 Å². The van der Waals surface area contributed by atoms with Gasteiger partial charge in [-0.05, 0) is 12.8 Å². The van der Waals surface area contributed by atoms with Gasteiger partial charge in [-0.2, -0.15) is 0 Å². The zero-order chi connectivity index (χ0) is 16.5. The molecule has 0 aliphatic rings. The first kappa shape index (κ1) is 21.2. The van der Waals surface area contributed by atoms with Gasteiger partial charge in [0.15, 0.2) is 0 Å². The van der Waals surface area contributed by atoms with Gasteiger partial charge in [0.1, 0.15) is 0 Å². The lowest BCUT2D eigenvalue weighted by Gasteiger charge is -2.09. The van der Waals surface area contributed by atoms with E-state index < -0.39 is 6.10 Å². The molecular weight excluding hydrogens is 286 g/mol. The van der Waals surface area contributed by atoms with E-state index in [2.05, 4.69) is 21.3 Å². The van der Waals surface area contributed by atoms with Gasteiger partial charge in [0.25, 0.3) is 0 Å². The van der Waals surface area contributed by atoms with Crippen molar-refractivity contribution in [3.8, 4) is 0 Å². The highest BCUT2D eigenvalue weighted by Crippen LogP contribution is 1.99. The third-order valence-electron chi connectivity index (χ3n) is 3.05. The molecule has 8 N–H and O–H groups in total. The first-order valence-corrected chi connectivity index (χ1v) is 8.08. The number of nitrogens with one attached hydrogen (secondary N) is 4. The normalized spacial score (nSPS) is 12.3. The lowest BCUT2D eigenvalue weighted by Crippen LogP contribution is -2.37. The Balaban J connectivity index is 3.17. The van der Waals surface area contributed by atoms with Crippen LogP contribution in [0.15, 0.2) is 0 Å². The second-order valence-electron chi connectivity index (χ2n) is 5.12. The van der Waals surface area contributed by atoms with Crippen molar-refractivity contribution in [2.24, 2.45) is 5.73 Å². The number of rotatable bonds is 16. The summed E-state index contributed by atoms with van der Waals surface area (Å²) >= 11 is 0. The fourth-order valence-electron chi connectivity index (χ4n) is 1.80. The van der Waals surface area contributed by atoms with Gasteiger partial charge in [-0.3, -0.25) is 4.79 Å². The molecule has 0 heterocycles. The molecule has 0 aromatic carbocycles. The van der Waals surface area contributed by atoms with E-state index in [0.717, 1.165) is 39.3 Å². The Labute approximate surface area is 133 Å². The summed E-state index contributed by atoms with van der Waals surface area (Å²) < 4.78 is 0. The molecule has 0 spiro atoms. The van der Waals surface area contributed by atoms with Crippen molar-refractivity contribution in [1.82, 2.24) is 21.3 Å². The van der Waals surface area contributed by atoms with E-state index in [0.29, 0.717) is 32.4 Å². The Kier molecular flexibility index (Phi) is 16.0. The average Bonchev–Trinajstić information content (AvgIpc) is 2.52. The molecule has 0 aromatic heterocycles. The maximum Gasteiger partial charge on any atom is 0.220 e. The molecule has 0 bridgehead atoms. The van der Waals surface area contributed by atoms with Crippen LogP contribution in [-0.2, 0) is 4.79 Å². The van der Waals surface area contributed by atoms with E-state index >= 15 is 0 Å². The standard InChI is InChI=1S/C14H33N5O3/c15-4-5-16-6-7-17-8-9-18-10-11-19-14(22)3-1-2-13(21)12-20/h13,16-18,20-21H,1-12,15H2,(H,19,22)/t13-/m0/s1. The smallest absolute Gasteiger partial charge is 0.220 e. The zero-order valence-corrected chi connectivity index (χ0v) is 13.4. The van der Waals surface area contributed by atoms with E-state index in [4.69, 9.17) is 15.9 Å². The van der Waals surface area contributed by atoms with Crippen molar-refractivity contribution < 1.29 is 15.0 Å². The number of nitrogens with two attached hydrogens (primary N) is 1. The average molecular weight is 319 g/mol. The maximum atomic E-state index is 11.5. The predicted octanol–water partition coefficient (Wildman–Crippen LogP) is -2.65. The van der Waals surface area contributed by atoms with Crippen LogP contribution in [-0.4, -0.2) is 81.2 Å². The number of hydrogen-bond donors (Lipinski definition) is 7. The molecule has 8 heteroatoms. The molecule has 22 heavy (non-hydrogen) atoms. The highest BCUT2D eigenvalue weighted by atomic mass is 16.3. The number of amides is 1. The lowest BCUT2D eigenvalue weighted by atomic mass is 10.1. The van der Waals surface area contributed by atoms with E-state index in [1.54, 1.807) is 0 Å². The third-order valence-corrected chi connectivity index (χ3v) is 3.05. The molecular formula is C14H33N5O3. The number of aliphatic hydroxyl groups excluding tert-OH is 2. The van der Waals surface area contributed by atoms with Crippen LogP contribution in [0.3, 0.4) is 0 Å². The summed E-state index contributed by atoms with van der Waals surface area (Å²) in [6, 6.07) is 0. The predicted molar refractivity (Wildman–Crippen MR) is 87.6 cm³/mol. The first-order chi connectivity index (χ1) is 10.7. The maximum absolute atomic E-state index is 11.5. The van der Waals surface area contributed by atoms with Crippen LogP contribution in [0.4, 0.5) is 0 Å². The van der Waals surface area contributed by atoms with Gasteiger partial charge < -0.3 is 37.2 Å². The molecule has 0 aliphatic heterocycles. The van der Waals surface area contributed by atoms with Crippen LogP contribution < -0.4 is 27.0 Å². The fraction of sp³-hybridized carbons (Fsp3) is 0.929. The summed E-state index contributed by atoms with van der Waals surface area (Å²) in [5.41, 5.74) is 5.36. The summed E-state index contributed by atoms with van der Waals surface area (Å²) in [7, 11) is 0. The summed E-state index contributed by atoms with van der Waals surface area (Å²) in [5, 5.41) is 30.3. The van der Waals surface area contributed by atoms with Crippen molar-refractivity contribution in [3.63, 3.8) is 0 Å². The molecule has 8 nitrogen and oxygen atoms in total. The van der Waals surface area contributed by atoms with Gasteiger partial charge >= 0.3 is 0 Å². The molecule has 0 aliphatic carbocycles. The van der Waals surface area contributed by atoms with Crippen LogP contribution >= 0.6 is 0 Å². The number of aliphatic hydroxyl groups is 2. The Hall–Kier alpha value is -0.770. The summed E-state index contributed by atoms with van der Waals surface area (Å²) in [6.07, 6.45) is 0.707. The van der Waals surface area contributed by atoms with Crippen molar-refractivity contribution in [2.75, 3.05) is 59.0 Å². The van der Waals surface area contributed by atoms with Crippen molar-refractivity contribution in [3.05, 3.63) is 0 Å². The summed E-state index contributed by atoms with van der Waals surface area (Å²) in [4.78, 5) is 11.5. The van der Waals surface area contributed by atoms with Crippen LogP contribution in [0.5, 0.6) is 0 Å². The minimum atomic E-state index is -0.715. The molecule has 1 atom stereocenters. The Morgan fingerprint density at radius 3 is 2.05 bits per heavy atom. The molecule has 0 aromatic rings. The number of carbonyl (C=O) groups is 1. The van der Waals surface area contributed by atoms with Crippen LogP contribution in [0, 0.1) is 0 Å². The van der Waals surface area contributed by atoms with Crippen molar-refractivity contribution in [1.29, 1.82) is 0 Å². The molecule has 0 unspecified atom stereocenters. The van der Waals surface area contributed by atoms with Crippen LogP contribution in [0.1, 0.15) is 19.3 Å². The molecule has 0 rings (SSSR count). The van der Waals surface area contributed by atoms with Crippen molar-refractivity contribution >= 4 is 5.91 Å². The fourth-order valence-corrected chi connectivity index (χ4v) is 1.80. The summed E-state index contributed by atoms with van der Waals surface area (Å²) in [5.74, 6) is -0.0176. The highest BCUT2D eigenvalue weighted by molar-refractivity contribution is 5.75. The number of hydrogen-bond acceptors (Lipinski definition) is 7. The quantitative estimate of drug-likeness (QED) is 0.155. The second kappa shape index (κ2) is 16.6. The third kappa shape index (κ3) is 15.6. The SMILES string of the molecule is NCCNCCNCCNCCNC(=O)CCC[C@H](O)CO. The van der Waals surface area contributed by atoms with Crippen molar-refractivity contribution in [2.45, 2.75) is 25.4 Å². The molecule has 0 saturated heterocycles. The lowest BCUT2D eigenvalue weighted by molar-refractivity contribution is -0.121. The molecule has 132 valence electrons. The van der Waals surface area contributed by atoms with E-state index in [9.17, 15) is 4.79 Å². The Morgan fingerprint density at radius 2 is 1.50 bits per heavy atom.